The van der Waals surface area contributed by atoms with Crippen LogP contribution in [0, 0.1) is 0 Å². The Bertz CT molecular complexity index is 375. The molecule has 0 bridgehead atoms. The number of nitrogens with zero attached hydrogens (tertiary/aromatic N) is 3. The molecule has 1 rings (SSSR count). The number of carboxylic acid groups (broad SMARTS) is 1. The van der Waals surface area contributed by atoms with Gasteiger partial charge >= 0.3 is 12.0 Å². The van der Waals surface area contributed by atoms with E-state index in [4.69, 9.17) is 21.1 Å². The Morgan fingerprint density at radius 2 is 2.11 bits per heavy atom. The summed E-state index contributed by atoms with van der Waals surface area (Å²) in [6.45, 7) is 1.64. The normalized spacial score (nSPS) is 11.3. The van der Waals surface area contributed by atoms with Crippen LogP contribution < -0.4 is 5.73 Å². The molecule has 1 aromatic heterocycles. The molecule has 0 amide bonds. The number of aromatic hydroxyl groups is 1. The molecule has 19 heavy (non-hydrogen) atoms. The summed E-state index contributed by atoms with van der Waals surface area (Å²) in [4.78, 5) is 20.9. The zero-order valence-corrected chi connectivity index (χ0v) is 10.9. The monoisotopic (exact) mass is 272 g/mol. The smallest absolute Gasteiger partial charge is 0.322 e. The number of hydrogen-bond acceptors (Lipinski definition) is 7. The van der Waals surface area contributed by atoms with Gasteiger partial charge in [-0.05, 0) is 6.42 Å². The lowest BCUT2D eigenvalue weighted by Crippen LogP contribution is -2.33. The maximum atomic E-state index is 9.65. The minimum Gasteiger partial charge on any atom is -0.480 e. The fourth-order valence-corrected chi connectivity index (χ4v) is 1.05. The van der Waals surface area contributed by atoms with Crippen molar-refractivity contribution in [2.45, 2.75) is 38.6 Å². The van der Waals surface area contributed by atoms with Gasteiger partial charge in [-0.15, -0.1) is 0 Å². The number of aliphatic hydroxyl groups excluding tert-OH is 1. The van der Waals surface area contributed by atoms with Gasteiger partial charge in [-0.25, -0.2) is 4.98 Å². The van der Waals surface area contributed by atoms with Crippen molar-refractivity contribution in [2.75, 3.05) is 6.61 Å². The summed E-state index contributed by atoms with van der Waals surface area (Å²) < 4.78 is 0. The van der Waals surface area contributed by atoms with E-state index in [0.717, 1.165) is 12.8 Å². The van der Waals surface area contributed by atoms with E-state index in [-0.39, 0.29) is 6.01 Å². The van der Waals surface area contributed by atoms with Crippen LogP contribution in [0.5, 0.6) is 6.01 Å². The van der Waals surface area contributed by atoms with Crippen LogP contribution in [-0.2, 0) is 11.2 Å². The van der Waals surface area contributed by atoms with Crippen LogP contribution in [0.15, 0.2) is 6.33 Å². The third kappa shape index (κ3) is 8.86. The van der Waals surface area contributed by atoms with Gasteiger partial charge in [0.25, 0.3) is 0 Å². The van der Waals surface area contributed by atoms with Crippen LogP contribution in [0.25, 0.3) is 0 Å². The van der Waals surface area contributed by atoms with E-state index in [1.807, 2.05) is 0 Å². The van der Waals surface area contributed by atoms with Crippen molar-refractivity contribution in [1.29, 1.82) is 0 Å². The molecule has 0 saturated heterocycles. The summed E-state index contributed by atoms with van der Waals surface area (Å²) in [5.41, 5.74) is 4.77. The van der Waals surface area contributed by atoms with Gasteiger partial charge in [-0.2, -0.15) is 9.97 Å². The lowest BCUT2D eigenvalue weighted by Gasteiger charge is -1.97. The van der Waals surface area contributed by atoms with Gasteiger partial charge in [-0.1, -0.05) is 19.8 Å². The molecule has 0 radical (unpaired) electrons. The molecule has 0 fully saturated rings. The van der Waals surface area contributed by atoms with Crippen molar-refractivity contribution in [2.24, 2.45) is 5.73 Å². The molecule has 108 valence electrons. The van der Waals surface area contributed by atoms with E-state index in [9.17, 15) is 4.79 Å². The Balaban J connectivity index is 0.000000399. The number of carboxylic acids is 1. The number of aryl methyl sites for hydroxylation is 1. The van der Waals surface area contributed by atoms with Crippen LogP contribution in [0.1, 0.15) is 32.0 Å². The fourth-order valence-electron chi connectivity index (χ4n) is 1.05. The number of unbranched alkanes of at least 4 members (excludes halogenated alkanes) is 2. The van der Waals surface area contributed by atoms with Crippen molar-refractivity contribution in [3.05, 3.63) is 12.2 Å². The van der Waals surface area contributed by atoms with Crippen molar-refractivity contribution in [3.63, 3.8) is 0 Å². The standard InChI is InChI=1S/C8H13N3O.C3H7NO3/c1-2-3-4-5-7-9-6-10-8(12)11-7;4-2(1-5)3(6)7/h6H,2-5H2,1H3,(H,9,10,11,12);2,5H,1,4H2,(H,6,7)/t;2-/m.0/s1. The molecular formula is C11H20N4O4. The van der Waals surface area contributed by atoms with Crippen molar-refractivity contribution in [1.82, 2.24) is 15.0 Å². The summed E-state index contributed by atoms with van der Waals surface area (Å²) in [6, 6.07) is -1.31. The first-order valence-electron chi connectivity index (χ1n) is 5.97. The van der Waals surface area contributed by atoms with Crippen molar-refractivity contribution < 1.29 is 20.1 Å². The minimum absolute atomic E-state index is 0.184. The van der Waals surface area contributed by atoms with Crippen molar-refractivity contribution >= 4 is 5.97 Å². The minimum atomic E-state index is -1.18. The lowest BCUT2D eigenvalue weighted by molar-refractivity contribution is -0.139. The topological polar surface area (TPSA) is 142 Å². The maximum absolute atomic E-state index is 9.65. The fraction of sp³-hybridized carbons (Fsp3) is 0.636. The summed E-state index contributed by atoms with van der Waals surface area (Å²) in [5.74, 6) is -0.501. The van der Waals surface area contributed by atoms with Gasteiger partial charge in [0.05, 0.1) is 6.61 Å². The van der Waals surface area contributed by atoms with Gasteiger partial charge in [0.1, 0.15) is 18.2 Å². The molecule has 0 aliphatic heterocycles. The van der Waals surface area contributed by atoms with Crippen LogP contribution in [-0.4, -0.2) is 48.9 Å². The second kappa shape index (κ2) is 10.2. The first-order chi connectivity index (χ1) is 9.01. The van der Waals surface area contributed by atoms with Crippen LogP contribution in [0.4, 0.5) is 0 Å². The highest BCUT2D eigenvalue weighted by molar-refractivity contribution is 5.73. The Hall–Kier alpha value is -1.80. The highest BCUT2D eigenvalue weighted by Gasteiger charge is 2.07. The van der Waals surface area contributed by atoms with E-state index in [2.05, 4.69) is 21.9 Å². The van der Waals surface area contributed by atoms with Crippen LogP contribution in [0.3, 0.4) is 0 Å². The molecule has 8 heteroatoms. The second-order valence-corrected chi connectivity index (χ2v) is 3.79. The molecular weight excluding hydrogens is 252 g/mol. The predicted molar refractivity (Wildman–Crippen MR) is 67.4 cm³/mol. The molecule has 1 atom stereocenters. The largest absolute Gasteiger partial charge is 0.480 e. The Morgan fingerprint density at radius 1 is 1.42 bits per heavy atom. The molecule has 5 N–H and O–H groups in total. The van der Waals surface area contributed by atoms with Crippen LogP contribution in [0.2, 0.25) is 0 Å². The molecule has 8 nitrogen and oxygen atoms in total. The number of aromatic nitrogens is 3. The molecule has 0 unspecified atom stereocenters. The van der Waals surface area contributed by atoms with Gasteiger partial charge in [0.15, 0.2) is 0 Å². The lowest BCUT2D eigenvalue weighted by atomic mass is 10.2. The number of nitrogens with two attached hydrogens (primary N) is 1. The highest BCUT2D eigenvalue weighted by atomic mass is 16.4. The zero-order chi connectivity index (χ0) is 14.7. The molecule has 0 aromatic carbocycles. The number of rotatable bonds is 6. The van der Waals surface area contributed by atoms with Gasteiger partial charge < -0.3 is 21.1 Å². The second-order valence-electron chi connectivity index (χ2n) is 3.79. The average Bonchev–Trinajstić information content (AvgIpc) is 2.39. The number of aliphatic hydroxyl groups is 1. The molecule has 1 heterocycles. The Labute approximate surface area is 111 Å². The summed E-state index contributed by atoms with van der Waals surface area (Å²) in [6.07, 6.45) is 5.58. The van der Waals surface area contributed by atoms with Gasteiger partial charge in [0, 0.05) is 6.42 Å². The van der Waals surface area contributed by atoms with E-state index >= 15 is 0 Å². The zero-order valence-electron chi connectivity index (χ0n) is 10.9. The van der Waals surface area contributed by atoms with E-state index in [1.165, 1.54) is 19.2 Å². The first kappa shape index (κ1) is 17.2. The Kier molecular flexibility index (Phi) is 9.19. The third-order valence-electron chi connectivity index (χ3n) is 2.13. The van der Waals surface area contributed by atoms with Gasteiger partial charge in [-0.3, -0.25) is 4.79 Å². The quantitative estimate of drug-likeness (QED) is 0.517. The molecule has 1 aromatic rings. The maximum Gasteiger partial charge on any atom is 0.322 e. The van der Waals surface area contributed by atoms with E-state index < -0.39 is 18.6 Å². The molecule has 0 saturated carbocycles. The van der Waals surface area contributed by atoms with Gasteiger partial charge in [0.2, 0.25) is 0 Å². The number of aliphatic carboxylic acids is 1. The number of carbonyl (C=O) groups is 1. The Morgan fingerprint density at radius 3 is 2.53 bits per heavy atom. The number of hydrogen-bond donors (Lipinski definition) is 4. The van der Waals surface area contributed by atoms with Crippen LogP contribution >= 0.6 is 0 Å². The molecule has 0 aliphatic carbocycles. The highest BCUT2D eigenvalue weighted by Crippen LogP contribution is 2.02. The first-order valence-corrected chi connectivity index (χ1v) is 5.97. The molecule has 0 aliphatic rings. The van der Waals surface area contributed by atoms with E-state index in [1.54, 1.807) is 0 Å². The molecule has 0 spiro atoms. The predicted octanol–water partition coefficient (Wildman–Crippen LogP) is -0.299. The third-order valence-corrected chi connectivity index (χ3v) is 2.13. The summed E-state index contributed by atoms with van der Waals surface area (Å²) in [5, 5.41) is 24.8. The van der Waals surface area contributed by atoms with E-state index in [0.29, 0.717) is 5.82 Å². The summed E-state index contributed by atoms with van der Waals surface area (Å²) >= 11 is 0. The summed E-state index contributed by atoms with van der Waals surface area (Å²) in [7, 11) is 0. The van der Waals surface area contributed by atoms with Crippen molar-refractivity contribution in [3.8, 4) is 6.01 Å². The average molecular weight is 272 g/mol. The SMILES string of the molecule is CCCCCc1ncnc(O)n1.N[C@@H](CO)C(=O)O.